The molecule has 0 aliphatic rings. The van der Waals surface area contributed by atoms with Crippen molar-refractivity contribution in [2.24, 2.45) is 0 Å². The van der Waals surface area contributed by atoms with Gasteiger partial charge in [0.1, 0.15) is 11.9 Å². The molecule has 3 aromatic rings. The van der Waals surface area contributed by atoms with Gasteiger partial charge in [-0.15, -0.1) is 0 Å². The molecule has 0 spiro atoms. The van der Waals surface area contributed by atoms with Crippen LogP contribution in [0.3, 0.4) is 0 Å². The van der Waals surface area contributed by atoms with Crippen LogP contribution in [0.15, 0.2) is 78.9 Å². The monoisotopic (exact) mass is 559 g/mol. The maximum Gasteiger partial charge on any atom is 0.242 e. The molecule has 3 aromatic carbocycles. The van der Waals surface area contributed by atoms with E-state index in [4.69, 9.17) is 11.6 Å². The molecule has 2 amide bonds. The van der Waals surface area contributed by atoms with E-state index < -0.39 is 21.9 Å². The van der Waals surface area contributed by atoms with E-state index in [1.807, 2.05) is 30.3 Å². The van der Waals surface area contributed by atoms with Crippen LogP contribution in [0.5, 0.6) is 0 Å². The number of rotatable bonds is 12. The largest absolute Gasteiger partial charge is 0.357 e. The number of halogens is 2. The molecule has 1 unspecified atom stereocenters. The minimum Gasteiger partial charge on any atom is -0.357 e. The summed E-state index contributed by atoms with van der Waals surface area (Å²) in [6, 6.07) is 20.7. The Morgan fingerprint density at radius 1 is 0.947 bits per heavy atom. The van der Waals surface area contributed by atoms with Crippen LogP contribution in [-0.4, -0.2) is 51.0 Å². The minimum absolute atomic E-state index is 0.00306. The lowest BCUT2D eigenvalue weighted by atomic mass is 10.0. The molecule has 0 fully saturated rings. The summed E-state index contributed by atoms with van der Waals surface area (Å²) >= 11 is 5.94. The number of amides is 2. The molecule has 0 aliphatic carbocycles. The fraction of sp³-hybridized carbons (Fsp3) is 0.286. The van der Waals surface area contributed by atoms with Gasteiger partial charge in [0.25, 0.3) is 0 Å². The van der Waals surface area contributed by atoms with Gasteiger partial charge in [0.05, 0.1) is 11.9 Å². The van der Waals surface area contributed by atoms with E-state index >= 15 is 0 Å². The smallest absolute Gasteiger partial charge is 0.242 e. The highest BCUT2D eigenvalue weighted by molar-refractivity contribution is 7.92. The number of hydrogen-bond acceptors (Lipinski definition) is 4. The molecular weight excluding hydrogens is 529 g/mol. The molecule has 0 saturated carbocycles. The van der Waals surface area contributed by atoms with Crippen molar-refractivity contribution in [2.75, 3.05) is 24.2 Å². The van der Waals surface area contributed by atoms with Gasteiger partial charge in [-0.3, -0.25) is 13.9 Å². The number of likely N-dealkylation sites (N-methyl/N-ethyl adjacent to an activating group) is 1. The standard InChI is InChI=1S/C28H31ClFN3O4S/c1-31-28(35)26(19-21-7-4-3-5-8-21)32(20-22-10-14-24(30)15-11-22)27(34)9-6-18-33(38(2,36)37)25-16-12-23(29)13-17-25/h3-5,7-8,10-17,26H,6,9,18-20H2,1-2H3,(H,31,35). The van der Waals surface area contributed by atoms with Crippen LogP contribution in [0.4, 0.5) is 10.1 Å². The van der Waals surface area contributed by atoms with E-state index in [-0.39, 0.29) is 44.2 Å². The fourth-order valence-corrected chi connectivity index (χ4v) is 5.21. The van der Waals surface area contributed by atoms with Crippen LogP contribution in [0.25, 0.3) is 0 Å². The number of benzene rings is 3. The first-order valence-electron chi connectivity index (χ1n) is 12.1. The molecule has 3 rings (SSSR count). The second-order valence-electron chi connectivity index (χ2n) is 8.88. The Hall–Kier alpha value is -3.43. The Kier molecular flexibility index (Phi) is 10.3. The number of nitrogens with zero attached hydrogens (tertiary/aromatic N) is 2. The lowest BCUT2D eigenvalue weighted by Crippen LogP contribution is -2.49. The molecule has 202 valence electrons. The summed E-state index contributed by atoms with van der Waals surface area (Å²) in [5, 5.41) is 3.12. The number of anilines is 1. The first-order valence-corrected chi connectivity index (χ1v) is 14.3. The van der Waals surface area contributed by atoms with Crippen molar-refractivity contribution in [1.82, 2.24) is 10.2 Å². The van der Waals surface area contributed by atoms with E-state index in [0.717, 1.165) is 11.8 Å². The van der Waals surface area contributed by atoms with Gasteiger partial charge in [-0.25, -0.2) is 12.8 Å². The summed E-state index contributed by atoms with van der Waals surface area (Å²) in [5.74, 6) is -1.05. The molecular formula is C28H31ClFN3O4S. The third-order valence-corrected chi connectivity index (χ3v) is 7.50. The highest BCUT2D eigenvalue weighted by atomic mass is 35.5. The van der Waals surface area contributed by atoms with Gasteiger partial charge in [0, 0.05) is 38.0 Å². The molecule has 10 heteroatoms. The summed E-state index contributed by atoms with van der Waals surface area (Å²) < 4.78 is 39.6. The van der Waals surface area contributed by atoms with Gasteiger partial charge in [-0.05, 0) is 53.9 Å². The van der Waals surface area contributed by atoms with Crippen LogP contribution >= 0.6 is 11.6 Å². The Morgan fingerprint density at radius 3 is 2.16 bits per heavy atom. The second-order valence-corrected chi connectivity index (χ2v) is 11.2. The predicted octanol–water partition coefficient (Wildman–Crippen LogP) is 4.41. The number of carbonyl (C=O) groups excluding carboxylic acids is 2. The summed E-state index contributed by atoms with van der Waals surface area (Å²) in [4.78, 5) is 28.0. The number of hydrogen-bond donors (Lipinski definition) is 1. The maximum absolute atomic E-state index is 13.6. The first-order chi connectivity index (χ1) is 18.1. The SMILES string of the molecule is CNC(=O)C(Cc1ccccc1)N(Cc1ccc(F)cc1)C(=O)CCCN(c1ccc(Cl)cc1)S(C)(=O)=O. The highest BCUT2D eigenvalue weighted by Crippen LogP contribution is 2.22. The third kappa shape index (κ3) is 8.29. The summed E-state index contributed by atoms with van der Waals surface area (Å²) in [5.41, 5.74) is 1.99. The van der Waals surface area contributed by atoms with Crippen molar-refractivity contribution in [2.45, 2.75) is 31.8 Å². The van der Waals surface area contributed by atoms with E-state index in [1.54, 1.807) is 36.4 Å². The van der Waals surface area contributed by atoms with Crippen LogP contribution in [0.2, 0.25) is 5.02 Å². The van der Waals surface area contributed by atoms with Crippen molar-refractivity contribution in [3.05, 3.63) is 101 Å². The Morgan fingerprint density at radius 2 is 1.58 bits per heavy atom. The zero-order valence-electron chi connectivity index (χ0n) is 21.3. The zero-order valence-corrected chi connectivity index (χ0v) is 22.9. The summed E-state index contributed by atoms with van der Waals surface area (Å²) in [6.45, 7) is 0.164. The molecule has 0 bridgehead atoms. The van der Waals surface area contributed by atoms with E-state index in [2.05, 4.69) is 5.32 Å². The van der Waals surface area contributed by atoms with Gasteiger partial charge in [0.15, 0.2) is 0 Å². The van der Waals surface area contributed by atoms with Gasteiger partial charge in [-0.2, -0.15) is 0 Å². The van der Waals surface area contributed by atoms with E-state index in [0.29, 0.717) is 16.3 Å². The Labute approximate surface area is 228 Å². The van der Waals surface area contributed by atoms with Crippen molar-refractivity contribution in [1.29, 1.82) is 0 Å². The molecule has 0 aromatic heterocycles. The van der Waals surface area contributed by atoms with Gasteiger partial charge in [-0.1, -0.05) is 54.1 Å². The lowest BCUT2D eigenvalue weighted by Gasteiger charge is -2.31. The minimum atomic E-state index is -3.61. The number of sulfonamides is 1. The highest BCUT2D eigenvalue weighted by Gasteiger charge is 2.30. The molecule has 0 heterocycles. The van der Waals surface area contributed by atoms with Crippen LogP contribution in [0, 0.1) is 5.82 Å². The van der Waals surface area contributed by atoms with Gasteiger partial charge in [0.2, 0.25) is 21.8 Å². The lowest BCUT2D eigenvalue weighted by molar-refractivity contribution is -0.141. The summed E-state index contributed by atoms with van der Waals surface area (Å²) in [7, 11) is -2.10. The maximum atomic E-state index is 13.6. The van der Waals surface area contributed by atoms with Crippen molar-refractivity contribution >= 4 is 39.1 Å². The van der Waals surface area contributed by atoms with E-state index in [1.165, 1.54) is 28.4 Å². The molecule has 38 heavy (non-hydrogen) atoms. The van der Waals surface area contributed by atoms with Crippen LogP contribution < -0.4 is 9.62 Å². The molecule has 0 radical (unpaired) electrons. The Balaban J connectivity index is 1.83. The first kappa shape index (κ1) is 29.1. The fourth-order valence-electron chi connectivity index (χ4n) is 4.12. The Bertz CT molecular complexity index is 1320. The molecule has 7 nitrogen and oxygen atoms in total. The van der Waals surface area contributed by atoms with Crippen LogP contribution in [-0.2, 0) is 32.6 Å². The zero-order chi connectivity index (χ0) is 27.7. The topological polar surface area (TPSA) is 86.8 Å². The molecule has 0 saturated heterocycles. The van der Waals surface area contributed by atoms with Crippen molar-refractivity contribution in [3.8, 4) is 0 Å². The number of carbonyl (C=O) groups is 2. The number of nitrogens with one attached hydrogen (secondary N) is 1. The normalized spacial score (nSPS) is 12.0. The average Bonchev–Trinajstić information content (AvgIpc) is 2.89. The molecule has 0 aliphatic heterocycles. The third-order valence-electron chi connectivity index (χ3n) is 6.05. The average molecular weight is 560 g/mol. The van der Waals surface area contributed by atoms with Gasteiger partial charge < -0.3 is 10.2 Å². The van der Waals surface area contributed by atoms with Crippen molar-refractivity contribution < 1.29 is 22.4 Å². The molecule has 1 atom stereocenters. The quantitative estimate of drug-likeness (QED) is 0.356. The van der Waals surface area contributed by atoms with Crippen LogP contribution in [0.1, 0.15) is 24.0 Å². The summed E-state index contributed by atoms with van der Waals surface area (Å²) in [6.07, 6.45) is 1.61. The van der Waals surface area contributed by atoms with Gasteiger partial charge >= 0.3 is 0 Å². The van der Waals surface area contributed by atoms with Crippen molar-refractivity contribution in [3.63, 3.8) is 0 Å². The second kappa shape index (κ2) is 13.4. The predicted molar refractivity (Wildman–Crippen MR) is 148 cm³/mol. The molecule has 1 N–H and O–H groups in total. The van der Waals surface area contributed by atoms with E-state index in [9.17, 15) is 22.4 Å².